The second kappa shape index (κ2) is 3.75. The molecule has 2 heteroatoms. The van der Waals surface area contributed by atoms with E-state index >= 15 is 0 Å². The fourth-order valence-corrected chi connectivity index (χ4v) is 2.08. The second-order valence-electron chi connectivity index (χ2n) is 4.62. The third kappa shape index (κ3) is 2.20. The number of hydrogen-bond donors (Lipinski definition) is 0. The Labute approximate surface area is 75.9 Å². The molecule has 0 aromatic rings. The van der Waals surface area contributed by atoms with Gasteiger partial charge in [-0.3, -0.25) is 4.90 Å². The van der Waals surface area contributed by atoms with Gasteiger partial charge in [0.25, 0.3) is 0 Å². The lowest BCUT2D eigenvalue weighted by Gasteiger charge is -2.36. The number of nitrogens with zero attached hydrogens (tertiary/aromatic N) is 1. The molecule has 0 saturated carbocycles. The van der Waals surface area contributed by atoms with Crippen molar-refractivity contribution in [3.8, 4) is 0 Å². The van der Waals surface area contributed by atoms with Crippen LogP contribution in [0.15, 0.2) is 0 Å². The van der Waals surface area contributed by atoms with Crippen LogP contribution in [0.3, 0.4) is 0 Å². The number of rotatable bonds is 2. The minimum absolute atomic E-state index is 0.305. The lowest BCUT2D eigenvalue weighted by Crippen LogP contribution is -2.46. The second-order valence-corrected chi connectivity index (χ2v) is 4.62. The molecule has 0 amide bonds. The van der Waals surface area contributed by atoms with Crippen LogP contribution in [0.5, 0.6) is 0 Å². The maximum absolute atomic E-state index is 5.21. The number of ether oxygens (including phenoxy) is 1. The Morgan fingerprint density at radius 1 is 1.42 bits per heavy atom. The summed E-state index contributed by atoms with van der Waals surface area (Å²) in [4.78, 5) is 2.55. The monoisotopic (exact) mass is 171 g/mol. The predicted octanol–water partition coefficient (Wildman–Crippen LogP) is 1.90. The van der Waals surface area contributed by atoms with Crippen molar-refractivity contribution in [3.63, 3.8) is 0 Å². The van der Waals surface area contributed by atoms with Gasteiger partial charge in [-0.25, -0.2) is 0 Å². The molecule has 0 radical (unpaired) electrons. The molecule has 1 rings (SSSR count). The van der Waals surface area contributed by atoms with E-state index in [-0.39, 0.29) is 0 Å². The Kier molecular flexibility index (Phi) is 3.13. The molecule has 0 aromatic carbocycles. The fourth-order valence-electron chi connectivity index (χ4n) is 2.08. The molecule has 12 heavy (non-hydrogen) atoms. The van der Waals surface area contributed by atoms with Gasteiger partial charge >= 0.3 is 0 Å². The zero-order valence-corrected chi connectivity index (χ0v) is 8.76. The first-order valence-electron chi connectivity index (χ1n) is 4.81. The third-order valence-electron chi connectivity index (χ3n) is 2.60. The summed E-state index contributed by atoms with van der Waals surface area (Å²) in [6, 6.07) is 0.648. The normalized spacial score (nSPS) is 26.5. The van der Waals surface area contributed by atoms with Gasteiger partial charge in [0.1, 0.15) is 0 Å². The highest BCUT2D eigenvalue weighted by Crippen LogP contribution is 2.26. The van der Waals surface area contributed by atoms with E-state index in [1.807, 2.05) is 0 Å². The Balaban J connectivity index is 2.52. The summed E-state index contributed by atoms with van der Waals surface area (Å²) in [5.41, 5.74) is 0.305. The van der Waals surface area contributed by atoms with Crippen LogP contribution in [-0.4, -0.2) is 36.7 Å². The summed E-state index contributed by atoms with van der Waals surface area (Å²) in [6.07, 6.45) is 2.62. The first kappa shape index (κ1) is 10.0. The summed E-state index contributed by atoms with van der Waals surface area (Å²) in [7, 11) is 1.79. The first-order valence-corrected chi connectivity index (χ1v) is 4.81. The van der Waals surface area contributed by atoms with Gasteiger partial charge in [0.05, 0.1) is 6.61 Å². The smallest absolute Gasteiger partial charge is 0.0618 e. The summed E-state index contributed by atoms with van der Waals surface area (Å²) < 4.78 is 5.21. The van der Waals surface area contributed by atoms with Crippen LogP contribution >= 0.6 is 0 Å². The molecule has 1 fully saturated rings. The Morgan fingerprint density at radius 3 is 2.58 bits per heavy atom. The van der Waals surface area contributed by atoms with Crippen molar-refractivity contribution in [2.24, 2.45) is 0 Å². The molecule has 0 aromatic heterocycles. The van der Waals surface area contributed by atoms with Gasteiger partial charge in [0.15, 0.2) is 0 Å². The minimum atomic E-state index is 0.305. The Morgan fingerprint density at radius 2 is 2.08 bits per heavy atom. The third-order valence-corrected chi connectivity index (χ3v) is 2.60. The van der Waals surface area contributed by atoms with Crippen molar-refractivity contribution in [2.45, 2.75) is 45.2 Å². The molecule has 2 nitrogen and oxygen atoms in total. The molecule has 1 aliphatic rings. The standard InChI is InChI=1S/C10H21NO/c1-10(2,3)11-7-5-6-9(11)8-12-4/h9H,5-8H2,1-4H3/t9-/m1/s1. The molecular weight excluding hydrogens is 150 g/mol. The summed E-state index contributed by atoms with van der Waals surface area (Å²) in [5, 5.41) is 0. The molecule has 0 bridgehead atoms. The van der Waals surface area contributed by atoms with Crippen LogP contribution < -0.4 is 0 Å². The highest BCUT2D eigenvalue weighted by molar-refractivity contribution is 4.87. The van der Waals surface area contributed by atoms with E-state index < -0.39 is 0 Å². The highest BCUT2D eigenvalue weighted by Gasteiger charge is 2.32. The highest BCUT2D eigenvalue weighted by atomic mass is 16.5. The van der Waals surface area contributed by atoms with Crippen molar-refractivity contribution in [1.29, 1.82) is 0 Å². The van der Waals surface area contributed by atoms with Crippen LogP contribution in [0.1, 0.15) is 33.6 Å². The van der Waals surface area contributed by atoms with Crippen LogP contribution in [0.4, 0.5) is 0 Å². The average Bonchev–Trinajstić information content (AvgIpc) is 2.34. The van der Waals surface area contributed by atoms with E-state index in [0.29, 0.717) is 11.6 Å². The summed E-state index contributed by atoms with van der Waals surface area (Å²) in [6.45, 7) is 8.96. The van der Waals surface area contributed by atoms with Gasteiger partial charge in [0.2, 0.25) is 0 Å². The maximum atomic E-state index is 5.21. The van der Waals surface area contributed by atoms with Gasteiger partial charge in [0, 0.05) is 18.7 Å². The Hall–Kier alpha value is -0.0800. The molecule has 1 aliphatic heterocycles. The van der Waals surface area contributed by atoms with Crippen LogP contribution in [0.25, 0.3) is 0 Å². The summed E-state index contributed by atoms with van der Waals surface area (Å²) in [5.74, 6) is 0. The summed E-state index contributed by atoms with van der Waals surface area (Å²) >= 11 is 0. The van der Waals surface area contributed by atoms with Gasteiger partial charge in [-0.2, -0.15) is 0 Å². The molecule has 0 aliphatic carbocycles. The van der Waals surface area contributed by atoms with E-state index in [1.54, 1.807) is 7.11 Å². The number of likely N-dealkylation sites (tertiary alicyclic amines) is 1. The molecule has 1 atom stereocenters. The molecular formula is C10H21NO. The Bertz CT molecular complexity index is 139. The quantitative estimate of drug-likeness (QED) is 0.629. The molecule has 1 saturated heterocycles. The fraction of sp³-hybridized carbons (Fsp3) is 1.00. The van der Waals surface area contributed by atoms with Gasteiger partial charge < -0.3 is 4.74 Å². The van der Waals surface area contributed by atoms with Crippen molar-refractivity contribution in [3.05, 3.63) is 0 Å². The molecule has 0 spiro atoms. The van der Waals surface area contributed by atoms with E-state index in [2.05, 4.69) is 25.7 Å². The molecule has 1 heterocycles. The van der Waals surface area contributed by atoms with E-state index in [9.17, 15) is 0 Å². The lowest BCUT2D eigenvalue weighted by molar-refractivity contribution is 0.0604. The molecule has 0 unspecified atom stereocenters. The number of hydrogen-bond acceptors (Lipinski definition) is 2. The average molecular weight is 171 g/mol. The van der Waals surface area contributed by atoms with Crippen LogP contribution in [0.2, 0.25) is 0 Å². The van der Waals surface area contributed by atoms with Crippen molar-refractivity contribution in [2.75, 3.05) is 20.3 Å². The minimum Gasteiger partial charge on any atom is -0.383 e. The topological polar surface area (TPSA) is 12.5 Å². The maximum Gasteiger partial charge on any atom is 0.0618 e. The number of methoxy groups -OCH3 is 1. The zero-order valence-electron chi connectivity index (χ0n) is 8.76. The van der Waals surface area contributed by atoms with Gasteiger partial charge in [-0.1, -0.05) is 0 Å². The van der Waals surface area contributed by atoms with E-state index in [4.69, 9.17) is 4.74 Å². The van der Waals surface area contributed by atoms with Crippen LogP contribution in [-0.2, 0) is 4.74 Å². The predicted molar refractivity (Wildman–Crippen MR) is 51.4 cm³/mol. The van der Waals surface area contributed by atoms with E-state index in [1.165, 1.54) is 19.4 Å². The molecule has 0 N–H and O–H groups in total. The van der Waals surface area contributed by atoms with Crippen molar-refractivity contribution < 1.29 is 4.74 Å². The van der Waals surface area contributed by atoms with Crippen molar-refractivity contribution >= 4 is 0 Å². The van der Waals surface area contributed by atoms with Gasteiger partial charge in [-0.15, -0.1) is 0 Å². The van der Waals surface area contributed by atoms with E-state index in [0.717, 1.165) is 6.61 Å². The SMILES string of the molecule is COC[C@H]1CCCN1C(C)(C)C. The molecule has 72 valence electrons. The largest absolute Gasteiger partial charge is 0.383 e. The lowest BCUT2D eigenvalue weighted by atomic mass is 10.1. The van der Waals surface area contributed by atoms with Gasteiger partial charge in [-0.05, 0) is 40.2 Å². The zero-order chi connectivity index (χ0) is 9.19. The first-order chi connectivity index (χ1) is 5.55. The van der Waals surface area contributed by atoms with Crippen molar-refractivity contribution in [1.82, 2.24) is 4.90 Å². The van der Waals surface area contributed by atoms with Crippen LogP contribution in [0, 0.1) is 0 Å².